The van der Waals surface area contributed by atoms with E-state index in [9.17, 15) is 8.42 Å². The molecular formula is C17H19NO3S. The van der Waals surface area contributed by atoms with Gasteiger partial charge >= 0.3 is 0 Å². The lowest BCUT2D eigenvalue weighted by Crippen LogP contribution is -2.35. The standard InChI is InChI=1S/C17H19NO3S/c1-13-8-9-15(21-2)16(12-13)22(19,20)18-17(10-11-17)14-6-4-3-5-7-14/h3-9,12,18H,10-11H2,1-2H3. The van der Waals surface area contributed by atoms with E-state index in [1.807, 2.05) is 43.3 Å². The second-order valence-electron chi connectivity index (χ2n) is 5.71. The van der Waals surface area contributed by atoms with E-state index in [1.54, 1.807) is 12.1 Å². The summed E-state index contributed by atoms with van der Waals surface area (Å²) >= 11 is 0. The Hall–Kier alpha value is -1.85. The molecule has 0 saturated heterocycles. The molecule has 1 aliphatic carbocycles. The van der Waals surface area contributed by atoms with Crippen molar-refractivity contribution in [2.24, 2.45) is 0 Å². The average Bonchev–Trinajstić information content (AvgIpc) is 3.28. The molecule has 0 aromatic heterocycles. The Labute approximate surface area is 131 Å². The maximum Gasteiger partial charge on any atom is 0.245 e. The van der Waals surface area contributed by atoms with Gasteiger partial charge in [-0.3, -0.25) is 0 Å². The van der Waals surface area contributed by atoms with Crippen molar-refractivity contribution < 1.29 is 13.2 Å². The summed E-state index contributed by atoms with van der Waals surface area (Å²) in [6.07, 6.45) is 1.62. The van der Waals surface area contributed by atoms with Gasteiger partial charge in [-0.1, -0.05) is 36.4 Å². The van der Waals surface area contributed by atoms with Crippen molar-refractivity contribution in [2.75, 3.05) is 7.11 Å². The molecule has 3 rings (SSSR count). The SMILES string of the molecule is COc1ccc(C)cc1S(=O)(=O)NC1(c2ccccc2)CC1. The fraction of sp³-hybridized carbons (Fsp3) is 0.294. The largest absolute Gasteiger partial charge is 0.495 e. The number of rotatable bonds is 5. The van der Waals surface area contributed by atoms with Crippen molar-refractivity contribution in [3.63, 3.8) is 0 Å². The van der Waals surface area contributed by atoms with Gasteiger partial charge in [-0.15, -0.1) is 0 Å². The Balaban J connectivity index is 1.97. The van der Waals surface area contributed by atoms with Crippen LogP contribution in [0.2, 0.25) is 0 Å². The lowest BCUT2D eigenvalue weighted by molar-refractivity contribution is 0.401. The third-order valence-electron chi connectivity index (χ3n) is 4.01. The third kappa shape index (κ3) is 2.74. The van der Waals surface area contributed by atoms with E-state index in [0.29, 0.717) is 5.75 Å². The molecule has 4 nitrogen and oxygen atoms in total. The quantitative estimate of drug-likeness (QED) is 0.922. The molecule has 1 aliphatic rings. The molecule has 1 saturated carbocycles. The Bertz CT molecular complexity index is 781. The van der Waals surface area contributed by atoms with Gasteiger partial charge in [0.25, 0.3) is 0 Å². The van der Waals surface area contributed by atoms with E-state index in [0.717, 1.165) is 24.0 Å². The average molecular weight is 317 g/mol. The minimum Gasteiger partial charge on any atom is -0.495 e. The summed E-state index contributed by atoms with van der Waals surface area (Å²) in [5.41, 5.74) is 1.41. The minimum absolute atomic E-state index is 0.192. The first kappa shape index (κ1) is 15.1. The van der Waals surface area contributed by atoms with Crippen molar-refractivity contribution >= 4 is 10.0 Å². The molecular weight excluding hydrogens is 298 g/mol. The molecule has 0 atom stereocenters. The van der Waals surface area contributed by atoms with Crippen LogP contribution in [0.1, 0.15) is 24.0 Å². The van der Waals surface area contributed by atoms with E-state index in [1.165, 1.54) is 7.11 Å². The summed E-state index contributed by atoms with van der Waals surface area (Å²) in [5, 5.41) is 0. The van der Waals surface area contributed by atoms with Gasteiger partial charge < -0.3 is 4.74 Å². The Morgan fingerprint density at radius 3 is 2.36 bits per heavy atom. The van der Waals surface area contributed by atoms with E-state index < -0.39 is 15.6 Å². The van der Waals surface area contributed by atoms with E-state index in [-0.39, 0.29) is 4.90 Å². The number of methoxy groups -OCH3 is 1. The van der Waals surface area contributed by atoms with Crippen molar-refractivity contribution in [1.82, 2.24) is 4.72 Å². The molecule has 0 heterocycles. The van der Waals surface area contributed by atoms with Crippen LogP contribution in [-0.2, 0) is 15.6 Å². The molecule has 0 aliphatic heterocycles. The molecule has 0 spiro atoms. The summed E-state index contributed by atoms with van der Waals surface area (Å²) in [4.78, 5) is 0.192. The lowest BCUT2D eigenvalue weighted by atomic mass is 10.1. The molecule has 1 N–H and O–H groups in total. The predicted molar refractivity (Wildman–Crippen MR) is 85.4 cm³/mol. The Morgan fingerprint density at radius 1 is 1.09 bits per heavy atom. The van der Waals surface area contributed by atoms with Crippen LogP contribution in [0.15, 0.2) is 53.4 Å². The summed E-state index contributed by atoms with van der Waals surface area (Å²) in [5.74, 6) is 0.363. The third-order valence-corrected chi connectivity index (χ3v) is 5.57. The fourth-order valence-corrected chi connectivity index (χ4v) is 4.34. The van der Waals surface area contributed by atoms with Crippen LogP contribution in [0.4, 0.5) is 0 Å². The molecule has 2 aromatic rings. The molecule has 22 heavy (non-hydrogen) atoms. The maximum atomic E-state index is 12.8. The zero-order chi connectivity index (χ0) is 15.8. The first-order valence-corrected chi connectivity index (χ1v) is 8.69. The van der Waals surface area contributed by atoms with Crippen molar-refractivity contribution in [2.45, 2.75) is 30.2 Å². The topological polar surface area (TPSA) is 55.4 Å². The smallest absolute Gasteiger partial charge is 0.245 e. The summed E-state index contributed by atoms with van der Waals surface area (Å²) < 4.78 is 33.7. The Morgan fingerprint density at radius 2 is 1.77 bits per heavy atom. The minimum atomic E-state index is -3.64. The van der Waals surface area contributed by atoms with Gasteiger partial charge in [-0.2, -0.15) is 0 Å². The molecule has 0 radical (unpaired) electrons. The second-order valence-corrected chi connectivity index (χ2v) is 7.36. The molecule has 116 valence electrons. The molecule has 0 bridgehead atoms. The van der Waals surface area contributed by atoms with Crippen LogP contribution < -0.4 is 9.46 Å². The number of aryl methyl sites for hydroxylation is 1. The number of sulfonamides is 1. The zero-order valence-electron chi connectivity index (χ0n) is 12.7. The first-order chi connectivity index (χ1) is 10.5. The van der Waals surface area contributed by atoms with Gasteiger partial charge in [-0.25, -0.2) is 13.1 Å². The number of benzene rings is 2. The van der Waals surface area contributed by atoms with Crippen LogP contribution in [0, 0.1) is 6.92 Å². The monoisotopic (exact) mass is 317 g/mol. The van der Waals surface area contributed by atoms with Crippen molar-refractivity contribution in [1.29, 1.82) is 0 Å². The number of hydrogen-bond acceptors (Lipinski definition) is 3. The van der Waals surface area contributed by atoms with E-state index >= 15 is 0 Å². The molecule has 0 unspecified atom stereocenters. The number of hydrogen-bond donors (Lipinski definition) is 1. The normalized spacial score (nSPS) is 16.3. The maximum absolute atomic E-state index is 12.8. The summed E-state index contributed by atoms with van der Waals surface area (Å²) in [6.45, 7) is 1.86. The summed E-state index contributed by atoms with van der Waals surface area (Å²) in [7, 11) is -2.16. The second kappa shape index (κ2) is 5.41. The molecule has 5 heteroatoms. The van der Waals surface area contributed by atoms with Gasteiger partial charge in [0.2, 0.25) is 10.0 Å². The summed E-state index contributed by atoms with van der Waals surface area (Å²) in [6, 6.07) is 14.9. The highest BCUT2D eigenvalue weighted by molar-refractivity contribution is 7.89. The highest BCUT2D eigenvalue weighted by atomic mass is 32.2. The number of ether oxygens (including phenoxy) is 1. The lowest BCUT2D eigenvalue weighted by Gasteiger charge is -2.19. The van der Waals surface area contributed by atoms with Gasteiger partial charge in [0, 0.05) is 0 Å². The predicted octanol–water partition coefficient (Wildman–Crippen LogP) is 2.97. The highest BCUT2D eigenvalue weighted by Gasteiger charge is 2.47. The van der Waals surface area contributed by atoms with Gasteiger partial charge in [0.1, 0.15) is 10.6 Å². The Kier molecular flexibility index (Phi) is 3.70. The van der Waals surface area contributed by atoms with Gasteiger partial charge in [0.05, 0.1) is 12.6 Å². The van der Waals surface area contributed by atoms with E-state index in [2.05, 4.69) is 4.72 Å². The van der Waals surface area contributed by atoms with Crippen LogP contribution in [-0.4, -0.2) is 15.5 Å². The molecule has 2 aromatic carbocycles. The van der Waals surface area contributed by atoms with Crippen LogP contribution in [0.5, 0.6) is 5.75 Å². The van der Waals surface area contributed by atoms with Crippen LogP contribution in [0.3, 0.4) is 0 Å². The van der Waals surface area contributed by atoms with Crippen molar-refractivity contribution in [3.05, 3.63) is 59.7 Å². The fourth-order valence-electron chi connectivity index (χ4n) is 2.64. The van der Waals surface area contributed by atoms with Gasteiger partial charge in [0.15, 0.2) is 0 Å². The zero-order valence-corrected chi connectivity index (χ0v) is 13.5. The van der Waals surface area contributed by atoms with Gasteiger partial charge in [-0.05, 0) is 43.0 Å². The highest BCUT2D eigenvalue weighted by Crippen LogP contribution is 2.46. The van der Waals surface area contributed by atoms with E-state index in [4.69, 9.17) is 4.74 Å². The first-order valence-electron chi connectivity index (χ1n) is 7.21. The number of nitrogens with one attached hydrogen (secondary N) is 1. The van der Waals surface area contributed by atoms with Crippen molar-refractivity contribution in [3.8, 4) is 5.75 Å². The van der Waals surface area contributed by atoms with Crippen LogP contribution >= 0.6 is 0 Å². The van der Waals surface area contributed by atoms with Crippen LogP contribution in [0.25, 0.3) is 0 Å². The molecule has 1 fully saturated rings. The molecule has 0 amide bonds.